The lowest BCUT2D eigenvalue weighted by Gasteiger charge is -2.11. The molecule has 19 heavy (non-hydrogen) atoms. The molecular formula is C16H14N2O. The van der Waals surface area contributed by atoms with E-state index in [1.54, 1.807) is 0 Å². The summed E-state index contributed by atoms with van der Waals surface area (Å²) in [5, 5.41) is 1.06. The van der Waals surface area contributed by atoms with Gasteiger partial charge in [0.1, 0.15) is 0 Å². The number of fused-ring (bicyclic) bond motifs is 5. The van der Waals surface area contributed by atoms with Crippen molar-refractivity contribution in [2.75, 3.05) is 0 Å². The number of para-hydroxylation sites is 2. The number of nitrogens with zero attached hydrogens (tertiary/aromatic N) is 2. The largest absolute Gasteiger partial charge is 0.423 e. The average molecular weight is 250 g/mol. The molecule has 0 unspecified atom stereocenters. The Kier molecular flexibility index (Phi) is 1.89. The minimum absolute atomic E-state index is 0.00653. The van der Waals surface area contributed by atoms with Gasteiger partial charge < -0.3 is 4.42 Å². The van der Waals surface area contributed by atoms with Crippen molar-refractivity contribution >= 4 is 29.0 Å². The zero-order valence-electron chi connectivity index (χ0n) is 10.9. The van der Waals surface area contributed by atoms with Gasteiger partial charge in [-0.3, -0.25) is 4.40 Å². The molecule has 1 aromatic carbocycles. The van der Waals surface area contributed by atoms with Crippen LogP contribution in [0, 0.1) is 5.41 Å². The van der Waals surface area contributed by atoms with E-state index in [1.807, 2.05) is 18.2 Å². The van der Waals surface area contributed by atoms with Gasteiger partial charge in [0, 0.05) is 5.41 Å². The van der Waals surface area contributed by atoms with E-state index in [-0.39, 0.29) is 5.41 Å². The topological polar surface area (TPSA) is 30.4 Å². The molecule has 0 radical (unpaired) electrons. The average Bonchev–Trinajstić information content (AvgIpc) is 2.81. The van der Waals surface area contributed by atoms with Crippen LogP contribution in [0.3, 0.4) is 0 Å². The number of imidazole rings is 1. The number of hydrogen-bond acceptors (Lipinski definition) is 2. The summed E-state index contributed by atoms with van der Waals surface area (Å²) in [5.74, 6) is 0.657. The van der Waals surface area contributed by atoms with Gasteiger partial charge in [-0.05, 0) is 24.3 Å². The molecule has 0 fully saturated rings. The molecular weight excluding hydrogens is 236 g/mol. The maximum atomic E-state index is 5.92. The van der Waals surface area contributed by atoms with Gasteiger partial charge in [0.15, 0.2) is 5.42 Å². The third kappa shape index (κ3) is 1.48. The molecule has 0 bridgehead atoms. The van der Waals surface area contributed by atoms with Gasteiger partial charge in [-0.25, -0.2) is 0 Å². The van der Waals surface area contributed by atoms with Crippen LogP contribution in [-0.2, 0) is 0 Å². The standard InChI is InChI=1S/C16H14N2O/c1-16(2)9-5-8-13-14(10-16)19-15-17-11-6-3-4-7-12(11)18(13)15/h3-10H,1-2H3. The molecule has 94 valence electrons. The van der Waals surface area contributed by atoms with Crippen molar-refractivity contribution in [3.63, 3.8) is 0 Å². The summed E-state index contributed by atoms with van der Waals surface area (Å²) in [6.45, 7) is 4.33. The molecule has 3 heteroatoms. The second-order valence-electron chi connectivity index (χ2n) is 5.56. The van der Waals surface area contributed by atoms with Gasteiger partial charge in [0.25, 0.3) is 0 Å². The SMILES string of the molecule is CC1(C)C=CC=c2c(oc3nc4ccccc4n23)=C1. The zero-order valence-corrected chi connectivity index (χ0v) is 10.9. The van der Waals surface area contributed by atoms with Gasteiger partial charge in [0.2, 0.25) is 0 Å². The van der Waals surface area contributed by atoms with Crippen molar-refractivity contribution in [3.8, 4) is 0 Å². The van der Waals surface area contributed by atoms with Crippen molar-refractivity contribution in [1.29, 1.82) is 0 Å². The summed E-state index contributed by atoms with van der Waals surface area (Å²) < 4.78 is 7.99. The Morgan fingerprint density at radius 2 is 2.05 bits per heavy atom. The molecule has 4 rings (SSSR count). The van der Waals surface area contributed by atoms with E-state index >= 15 is 0 Å². The first-order valence-electron chi connectivity index (χ1n) is 6.42. The Labute approximate surface area is 110 Å². The minimum atomic E-state index is -0.00653. The molecule has 2 heterocycles. The normalized spacial score (nSPS) is 16.9. The van der Waals surface area contributed by atoms with Crippen molar-refractivity contribution < 1.29 is 4.42 Å². The van der Waals surface area contributed by atoms with Crippen LogP contribution in [0.5, 0.6) is 0 Å². The maximum Gasteiger partial charge on any atom is 0.307 e. The molecule has 1 aliphatic carbocycles. The predicted octanol–water partition coefficient (Wildman–Crippen LogP) is 2.24. The first-order chi connectivity index (χ1) is 9.14. The van der Waals surface area contributed by atoms with E-state index in [4.69, 9.17) is 4.42 Å². The number of aromatic nitrogens is 2. The molecule has 0 spiro atoms. The first kappa shape index (κ1) is 10.6. The van der Waals surface area contributed by atoms with Crippen LogP contribution in [0.4, 0.5) is 0 Å². The van der Waals surface area contributed by atoms with Crippen molar-refractivity contribution in [2.24, 2.45) is 5.41 Å². The summed E-state index contributed by atoms with van der Waals surface area (Å²) in [6, 6.07) is 8.09. The lowest BCUT2D eigenvalue weighted by molar-refractivity contribution is 0.547. The highest BCUT2D eigenvalue weighted by Gasteiger charge is 2.15. The van der Waals surface area contributed by atoms with Gasteiger partial charge in [0.05, 0.1) is 16.4 Å². The van der Waals surface area contributed by atoms with Crippen LogP contribution in [0.1, 0.15) is 13.8 Å². The Balaban J connectivity index is 2.25. The third-order valence-electron chi connectivity index (χ3n) is 3.51. The van der Waals surface area contributed by atoms with E-state index < -0.39 is 0 Å². The van der Waals surface area contributed by atoms with Crippen LogP contribution in [0.15, 0.2) is 40.8 Å². The second kappa shape index (κ2) is 3.38. The molecule has 2 aromatic heterocycles. The fourth-order valence-electron chi connectivity index (χ4n) is 2.60. The Morgan fingerprint density at radius 1 is 1.21 bits per heavy atom. The maximum absolute atomic E-state index is 5.92. The predicted molar refractivity (Wildman–Crippen MR) is 76.1 cm³/mol. The van der Waals surface area contributed by atoms with Gasteiger partial charge in [-0.2, -0.15) is 4.98 Å². The third-order valence-corrected chi connectivity index (χ3v) is 3.51. The van der Waals surface area contributed by atoms with Gasteiger partial charge in [-0.1, -0.05) is 38.1 Å². The Bertz CT molecular complexity index is 938. The molecule has 0 N–H and O–H groups in total. The zero-order chi connectivity index (χ0) is 13.0. The van der Waals surface area contributed by atoms with Crippen LogP contribution in [-0.4, -0.2) is 9.38 Å². The van der Waals surface area contributed by atoms with E-state index in [9.17, 15) is 0 Å². The number of hydrogen-bond donors (Lipinski definition) is 0. The molecule has 0 aliphatic heterocycles. The van der Waals surface area contributed by atoms with Crippen molar-refractivity contribution in [3.05, 3.63) is 47.2 Å². The van der Waals surface area contributed by atoms with Crippen molar-refractivity contribution in [1.82, 2.24) is 9.38 Å². The molecule has 1 aliphatic rings. The Morgan fingerprint density at radius 3 is 2.95 bits per heavy atom. The molecule has 0 amide bonds. The van der Waals surface area contributed by atoms with Crippen molar-refractivity contribution in [2.45, 2.75) is 13.8 Å². The molecule has 0 atom stereocenters. The van der Waals surface area contributed by atoms with Crippen LogP contribution in [0.2, 0.25) is 0 Å². The van der Waals surface area contributed by atoms with E-state index in [0.717, 1.165) is 21.8 Å². The Hall–Kier alpha value is -2.29. The van der Waals surface area contributed by atoms with Gasteiger partial charge >= 0.3 is 5.84 Å². The highest BCUT2D eigenvalue weighted by molar-refractivity contribution is 5.79. The molecule has 0 saturated heterocycles. The molecule has 3 aromatic rings. The summed E-state index contributed by atoms with van der Waals surface area (Å²) in [4.78, 5) is 4.53. The second-order valence-corrected chi connectivity index (χ2v) is 5.56. The van der Waals surface area contributed by atoms with E-state index in [0.29, 0.717) is 5.84 Å². The first-order valence-corrected chi connectivity index (χ1v) is 6.42. The number of allylic oxidation sites excluding steroid dienone is 2. The highest BCUT2D eigenvalue weighted by atomic mass is 16.4. The quantitative estimate of drug-likeness (QED) is 0.612. The van der Waals surface area contributed by atoms with Crippen LogP contribution in [0.25, 0.3) is 29.0 Å². The summed E-state index contributed by atoms with van der Waals surface area (Å²) in [6.07, 6.45) is 8.50. The fourth-order valence-corrected chi connectivity index (χ4v) is 2.60. The molecule has 0 saturated carbocycles. The number of oxazole rings is 1. The smallest absolute Gasteiger partial charge is 0.307 e. The summed E-state index contributed by atoms with van der Waals surface area (Å²) in [7, 11) is 0. The van der Waals surface area contributed by atoms with Gasteiger partial charge in [-0.15, -0.1) is 0 Å². The lowest BCUT2D eigenvalue weighted by Crippen LogP contribution is -2.26. The van der Waals surface area contributed by atoms with Crippen LogP contribution < -0.4 is 10.8 Å². The highest BCUT2D eigenvalue weighted by Crippen LogP contribution is 2.20. The minimum Gasteiger partial charge on any atom is -0.423 e. The fraction of sp³-hybridized carbons (Fsp3) is 0.188. The summed E-state index contributed by atoms with van der Waals surface area (Å²) in [5.41, 5.74) is 2.93. The lowest BCUT2D eigenvalue weighted by atomic mass is 9.93. The number of benzene rings is 1. The number of rotatable bonds is 0. The monoisotopic (exact) mass is 250 g/mol. The van der Waals surface area contributed by atoms with E-state index in [1.165, 1.54) is 0 Å². The van der Waals surface area contributed by atoms with E-state index in [2.05, 4.69) is 53.6 Å². The molecule has 3 nitrogen and oxygen atoms in total. The summed E-state index contributed by atoms with van der Waals surface area (Å²) >= 11 is 0. The van der Waals surface area contributed by atoms with Crippen LogP contribution >= 0.6 is 0 Å².